The van der Waals surface area contributed by atoms with E-state index in [4.69, 9.17) is 5.14 Å². The summed E-state index contributed by atoms with van der Waals surface area (Å²) in [5, 5.41) is 5.91. The average molecular weight is 222 g/mol. The maximum Gasteiger partial charge on any atom is 0.240 e. The second-order valence-corrected chi connectivity index (χ2v) is 4.86. The third-order valence-corrected chi connectivity index (χ3v) is 3.20. The van der Waals surface area contributed by atoms with E-state index < -0.39 is 10.0 Å². The quantitative estimate of drug-likeness (QED) is 0.787. The highest BCUT2D eigenvalue weighted by Crippen LogP contribution is 2.22. The molecule has 0 spiro atoms. The fourth-order valence-electron chi connectivity index (χ4n) is 1.52. The summed E-state index contributed by atoms with van der Waals surface area (Å²) in [4.78, 5) is 4.12. The third kappa shape index (κ3) is 1.71. The van der Waals surface area contributed by atoms with Gasteiger partial charge in [-0.2, -0.15) is 0 Å². The predicted molar refractivity (Wildman–Crippen MR) is 57.9 cm³/mol. The van der Waals surface area contributed by atoms with Crippen molar-refractivity contribution in [3.63, 3.8) is 0 Å². The minimum atomic E-state index is -3.71. The molecule has 0 unspecified atom stereocenters. The molecule has 1 aromatic heterocycles. The molecule has 2 N–H and O–H groups in total. The summed E-state index contributed by atoms with van der Waals surface area (Å²) in [6.45, 7) is 1.90. The third-order valence-electron chi connectivity index (χ3n) is 2.26. The van der Waals surface area contributed by atoms with Crippen molar-refractivity contribution in [3.8, 4) is 0 Å². The van der Waals surface area contributed by atoms with E-state index in [1.807, 2.05) is 13.0 Å². The van der Waals surface area contributed by atoms with Crippen LogP contribution >= 0.6 is 0 Å². The molecule has 0 amide bonds. The fraction of sp³-hybridized carbons (Fsp3) is 0.100. The van der Waals surface area contributed by atoms with E-state index >= 15 is 0 Å². The molecule has 2 rings (SSSR count). The number of aromatic nitrogens is 1. The van der Waals surface area contributed by atoms with Crippen molar-refractivity contribution in [2.45, 2.75) is 11.8 Å². The number of fused-ring (bicyclic) bond motifs is 1. The molecule has 78 valence electrons. The lowest BCUT2D eigenvalue weighted by molar-refractivity contribution is 0.598. The Bertz CT molecular complexity index is 620. The lowest BCUT2D eigenvalue weighted by Gasteiger charge is -2.05. The fourth-order valence-corrected chi connectivity index (χ4v) is 2.21. The zero-order chi connectivity index (χ0) is 11.1. The van der Waals surface area contributed by atoms with Crippen molar-refractivity contribution < 1.29 is 8.42 Å². The second-order valence-electron chi connectivity index (χ2n) is 3.33. The molecule has 0 saturated heterocycles. The molecule has 0 aliphatic heterocycles. The van der Waals surface area contributed by atoms with Gasteiger partial charge in [0.2, 0.25) is 10.0 Å². The molecule has 4 nitrogen and oxygen atoms in total. The lowest BCUT2D eigenvalue weighted by Crippen LogP contribution is -2.13. The minimum Gasteiger partial charge on any atom is -0.255 e. The van der Waals surface area contributed by atoms with Crippen LogP contribution < -0.4 is 5.14 Å². The maximum atomic E-state index is 11.3. The first-order valence-electron chi connectivity index (χ1n) is 4.37. The van der Waals surface area contributed by atoms with Crippen LogP contribution in [-0.2, 0) is 10.0 Å². The van der Waals surface area contributed by atoms with Gasteiger partial charge in [0.1, 0.15) is 4.90 Å². The van der Waals surface area contributed by atoms with Gasteiger partial charge in [-0.1, -0.05) is 12.1 Å². The smallest absolute Gasteiger partial charge is 0.240 e. The van der Waals surface area contributed by atoms with E-state index in [-0.39, 0.29) is 4.90 Å². The molecule has 5 heteroatoms. The second kappa shape index (κ2) is 3.29. The number of aryl methyl sites for hydroxylation is 1. The molecule has 0 aliphatic rings. The summed E-state index contributed by atoms with van der Waals surface area (Å²) < 4.78 is 22.6. The summed E-state index contributed by atoms with van der Waals surface area (Å²) >= 11 is 0. The van der Waals surface area contributed by atoms with Crippen LogP contribution in [0.3, 0.4) is 0 Å². The molecule has 0 bridgehead atoms. The van der Waals surface area contributed by atoms with Gasteiger partial charge in [-0.05, 0) is 24.6 Å². The van der Waals surface area contributed by atoms with Crippen molar-refractivity contribution in [3.05, 3.63) is 36.0 Å². The Labute approximate surface area is 87.8 Å². The number of rotatable bonds is 1. The van der Waals surface area contributed by atoms with Gasteiger partial charge in [-0.15, -0.1) is 0 Å². The Morgan fingerprint density at radius 3 is 2.67 bits per heavy atom. The van der Waals surface area contributed by atoms with Crippen LogP contribution in [0.1, 0.15) is 5.56 Å². The molecular formula is C10H10N2O2S. The highest BCUT2D eigenvalue weighted by atomic mass is 32.2. The van der Waals surface area contributed by atoms with E-state index in [2.05, 4.69) is 4.98 Å². The molecule has 1 heterocycles. The Morgan fingerprint density at radius 1 is 1.27 bits per heavy atom. The predicted octanol–water partition coefficient (Wildman–Crippen LogP) is 1.19. The molecule has 0 atom stereocenters. The van der Waals surface area contributed by atoms with Crippen LogP contribution in [0.5, 0.6) is 0 Å². The van der Waals surface area contributed by atoms with Crippen LogP contribution in [0.25, 0.3) is 10.9 Å². The first-order chi connectivity index (χ1) is 7.00. The van der Waals surface area contributed by atoms with Gasteiger partial charge >= 0.3 is 0 Å². The van der Waals surface area contributed by atoms with Crippen LogP contribution in [0.15, 0.2) is 35.4 Å². The Kier molecular flexibility index (Phi) is 2.21. The molecule has 0 aliphatic carbocycles. The number of nitrogens with zero attached hydrogens (tertiary/aromatic N) is 1. The minimum absolute atomic E-state index is 0.0729. The maximum absolute atomic E-state index is 11.3. The highest BCUT2D eigenvalue weighted by Gasteiger charge is 2.13. The molecule has 1 aromatic carbocycles. The van der Waals surface area contributed by atoms with Crippen molar-refractivity contribution >= 4 is 20.9 Å². The lowest BCUT2D eigenvalue weighted by atomic mass is 10.1. The summed E-state index contributed by atoms with van der Waals surface area (Å²) in [7, 11) is -3.71. The van der Waals surface area contributed by atoms with Gasteiger partial charge in [-0.3, -0.25) is 4.98 Å². The van der Waals surface area contributed by atoms with Crippen molar-refractivity contribution in [2.24, 2.45) is 5.14 Å². The van der Waals surface area contributed by atoms with E-state index in [0.717, 1.165) is 10.9 Å². The number of benzene rings is 1. The van der Waals surface area contributed by atoms with Crippen LogP contribution in [-0.4, -0.2) is 13.4 Å². The Balaban J connectivity index is 2.96. The van der Waals surface area contributed by atoms with Gasteiger partial charge in [0.05, 0.1) is 5.52 Å². The van der Waals surface area contributed by atoms with E-state index in [0.29, 0.717) is 5.52 Å². The first-order valence-corrected chi connectivity index (χ1v) is 5.92. The average Bonchev–Trinajstić information content (AvgIpc) is 2.17. The summed E-state index contributed by atoms with van der Waals surface area (Å²) in [6, 6.07) is 6.80. The number of pyridine rings is 1. The van der Waals surface area contributed by atoms with Crippen LogP contribution in [0.2, 0.25) is 0 Å². The topological polar surface area (TPSA) is 73.1 Å². The summed E-state index contributed by atoms with van der Waals surface area (Å²) in [5.74, 6) is 0. The highest BCUT2D eigenvalue weighted by molar-refractivity contribution is 7.89. The number of hydrogen-bond donors (Lipinski definition) is 1. The zero-order valence-electron chi connectivity index (χ0n) is 8.14. The van der Waals surface area contributed by atoms with Crippen molar-refractivity contribution in [1.29, 1.82) is 0 Å². The normalized spacial score (nSPS) is 11.9. The van der Waals surface area contributed by atoms with Gasteiger partial charge in [0, 0.05) is 11.6 Å². The Hall–Kier alpha value is -1.46. The van der Waals surface area contributed by atoms with Crippen molar-refractivity contribution in [1.82, 2.24) is 4.98 Å². The SMILES string of the molecule is Cc1ccc(S(N)(=O)=O)c2ncccc12. The van der Waals surface area contributed by atoms with E-state index in [9.17, 15) is 8.42 Å². The molecule has 2 aromatic rings. The number of primary sulfonamides is 1. The molecule has 15 heavy (non-hydrogen) atoms. The van der Waals surface area contributed by atoms with Gasteiger partial charge in [0.15, 0.2) is 0 Å². The number of sulfonamides is 1. The van der Waals surface area contributed by atoms with E-state index in [1.54, 1.807) is 18.3 Å². The van der Waals surface area contributed by atoms with Gasteiger partial charge in [-0.25, -0.2) is 13.6 Å². The standard InChI is InChI=1S/C10H10N2O2S/c1-7-4-5-9(15(11,13)14)10-8(7)3-2-6-12-10/h2-6H,1H3,(H2,11,13,14). The first kappa shape index (κ1) is 10.1. The van der Waals surface area contributed by atoms with Crippen LogP contribution in [0, 0.1) is 6.92 Å². The number of nitrogens with two attached hydrogens (primary N) is 1. The zero-order valence-corrected chi connectivity index (χ0v) is 8.95. The molecule has 0 radical (unpaired) electrons. The van der Waals surface area contributed by atoms with Crippen LogP contribution in [0.4, 0.5) is 0 Å². The molecular weight excluding hydrogens is 212 g/mol. The molecule has 0 fully saturated rings. The van der Waals surface area contributed by atoms with E-state index in [1.165, 1.54) is 6.07 Å². The monoisotopic (exact) mass is 222 g/mol. The summed E-state index contributed by atoms with van der Waals surface area (Å²) in [5.41, 5.74) is 1.41. The van der Waals surface area contributed by atoms with Gasteiger partial charge in [0.25, 0.3) is 0 Å². The van der Waals surface area contributed by atoms with Gasteiger partial charge < -0.3 is 0 Å². The Morgan fingerprint density at radius 2 is 2.00 bits per heavy atom. The largest absolute Gasteiger partial charge is 0.255 e. The number of hydrogen-bond acceptors (Lipinski definition) is 3. The van der Waals surface area contributed by atoms with Crippen molar-refractivity contribution in [2.75, 3.05) is 0 Å². The molecule has 0 saturated carbocycles. The summed E-state index contributed by atoms with van der Waals surface area (Å²) in [6.07, 6.45) is 1.55.